The van der Waals surface area contributed by atoms with Gasteiger partial charge in [-0.2, -0.15) is 0 Å². The number of primary amides is 1. The highest BCUT2D eigenvalue weighted by Crippen LogP contribution is 2.42. The van der Waals surface area contributed by atoms with E-state index in [1.165, 1.54) is 11.1 Å². The fourth-order valence-electron chi connectivity index (χ4n) is 4.11. The van der Waals surface area contributed by atoms with Crippen LogP contribution in [0.15, 0.2) is 48.5 Å². The summed E-state index contributed by atoms with van der Waals surface area (Å²) < 4.78 is 5.43. The quantitative estimate of drug-likeness (QED) is 0.859. The van der Waals surface area contributed by atoms with Gasteiger partial charge in [-0.15, -0.1) is 0 Å². The lowest BCUT2D eigenvalue weighted by molar-refractivity contribution is 0.0493. The molecule has 2 aromatic carbocycles. The maximum atomic E-state index is 11.3. The summed E-state index contributed by atoms with van der Waals surface area (Å²) in [6, 6.07) is 15.9. The monoisotopic (exact) mass is 339 g/mol. The summed E-state index contributed by atoms with van der Waals surface area (Å²) in [5.41, 5.74) is 8.96. The minimum Gasteiger partial charge on any atom is -0.508 e. The number of carbonyl (C=O) groups is 1. The lowest BCUT2D eigenvalue weighted by atomic mass is 9.70. The van der Waals surface area contributed by atoms with E-state index in [4.69, 9.17) is 10.5 Å². The van der Waals surface area contributed by atoms with Crippen LogP contribution < -0.4 is 5.73 Å². The van der Waals surface area contributed by atoms with Crippen molar-refractivity contribution in [1.29, 1.82) is 0 Å². The predicted octanol–water partition coefficient (Wildman–Crippen LogP) is 4.15. The number of fused-ring (bicyclic) bond motifs is 1. The van der Waals surface area contributed by atoms with Crippen LogP contribution in [0.3, 0.4) is 0 Å². The van der Waals surface area contributed by atoms with Gasteiger partial charge in [-0.3, -0.25) is 0 Å². The van der Waals surface area contributed by atoms with Gasteiger partial charge in [0.2, 0.25) is 0 Å². The van der Waals surface area contributed by atoms with Crippen LogP contribution in [0.4, 0.5) is 4.79 Å². The van der Waals surface area contributed by atoms with Crippen LogP contribution in [0.25, 0.3) is 0 Å². The lowest BCUT2D eigenvalue weighted by Crippen LogP contribution is -2.36. The largest absolute Gasteiger partial charge is 0.508 e. The Bertz CT molecular complexity index is 729. The molecule has 4 nitrogen and oxygen atoms in total. The van der Waals surface area contributed by atoms with E-state index in [0.29, 0.717) is 0 Å². The normalized spacial score (nSPS) is 20.5. The first-order chi connectivity index (χ1) is 12.1. The molecule has 1 amide bonds. The zero-order valence-corrected chi connectivity index (χ0v) is 14.5. The van der Waals surface area contributed by atoms with Gasteiger partial charge in [0.15, 0.2) is 0 Å². The molecule has 0 radical (unpaired) electrons. The topological polar surface area (TPSA) is 72.5 Å². The molecule has 25 heavy (non-hydrogen) atoms. The van der Waals surface area contributed by atoms with Crippen molar-refractivity contribution in [3.8, 4) is 5.75 Å². The number of hydrogen-bond donors (Lipinski definition) is 2. The van der Waals surface area contributed by atoms with E-state index < -0.39 is 6.09 Å². The van der Waals surface area contributed by atoms with Crippen molar-refractivity contribution in [2.75, 3.05) is 0 Å². The molecule has 2 aromatic rings. The maximum Gasteiger partial charge on any atom is 0.404 e. The third kappa shape index (κ3) is 3.95. The Labute approximate surface area is 148 Å². The Balaban J connectivity index is 1.97. The molecule has 132 valence electrons. The van der Waals surface area contributed by atoms with E-state index in [-0.39, 0.29) is 23.7 Å². The molecule has 1 aliphatic carbocycles. The van der Waals surface area contributed by atoms with Crippen LogP contribution in [-0.2, 0) is 17.6 Å². The summed E-state index contributed by atoms with van der Waals surface area (Å²) in [4.78, 5) is 11.3. The fraction of sp³-hybridized carbons (Fsp3) is 0.381. The van der Waals surface area contributed by atoms with Gasteiger partial charge in [0.1, 0.15) is 11.9 Å². The molecule has 1 aliphatic rings. The second kappa shape index (κ2) is 7.60. The highest BCUT2D eigenvalue weighted by molar-refractivity contribution is 5.64. The number of hydrogen-bond acceptors (Lipinski definition) is 3. The maximum absolute atomic E-state index is 11.3. The van der Waals surface area contributed by atoms with Crippen molar-refractivity contribution in [3.63, 3.8) is 0 Å². The Kier molecular flexibility index (Phi) is 5.27. The molecule has 0 aromatic heterocycles. The molecule has 4 heteroatoms. The molecule has 3 atom stereocenters. The van der Waals surface area contributed by atoms with Crippen molar-refractivity contribution < 1.29 is 14.6 Å². The van der Waals surface area contributed by atoms with Gasteiger partial charge in [0, 0.05) is 5.92 Å². The van der Waals surface area contributed by atoms with E-state index >= 15 is 0 Å². The number of phenolic OH excluding ortho intramolecular Hbond substituents is 1. The van der Waals surface area contributed by atoms with Gasteiger partial charge in [-0.05, 0) is 60.4 Å². The van der Waals surface area contributed by atoms with E-state index in [1.54, 1.807) is 6.07 Å². The number of phenols is 1. The number of ether oxygens (including phenoxy) is 1. The number of aromatic hydroxyl groups is 1. The van der Waals surface area contributed by atoms with Crippen molar-refractivity contribution in [2.45, 2.75) is 44.6 Å². The van der Waals surface area contributed by atoms with Gasteiger partial charge < -0.3 is 15.6 Å². The minimum atomic E-state index is -0.716. The van der Waals surface area contributed by atoms with Crippen LogP contribution in [0.5, 0.6) is 5.75 Å². The van der Waals surface area contributed by atoms with Crippen molar-refractivity contribution in [3.05, 3.63) is 65.2 Å². The Morgan fingerprint density at radius 2 is 2.04 bits per heavy atom. The summed E-state index contributed by atoms with van der Waals surface area (Å²) in [5, 5.41) is 9.99. The molecule has 0 saturated heterocycles. The first-order valence-corrected chi connectivity index (χ1v) is 8.90. The van der Waals surface area contributed by atoms with E-state index in [0.717, 1.165) is 31.2 Å². The molecular weight excluding hydrogens is 314 g/mol. The average molecular weight is 339 g/mol. The van der Waals surface area contributed by atoms with Crippen LogP contribution in [0, 0.1) is 5.92 Å². The molecule has 0 bridgehead atoms. The molecule has 0 saturated carbocycles. The minimum absolute atomic E-state index is 0.183. The second-order valence-corrected chi connectivity index (χ2v) is 6.77. The lowest BCUT2D eigenvalue weighted by Gasteiger charge is -2.38. The molecule has 0 heterocycles. The summed E-state index contributed by atoms with van der Waals surface area (Å²) in [6.07, 6.45) is 2.52. The summed E-state index contributed by atoms with van der Waals surface area (Å²) in [5.74, 6) is 0.649. The van der Waals surface area contributed by atoms with Gasteiger partial charge in [0.25, 0.3) is 0 Å². The number of nitrogens with two attached hydrogens (primary N) is 1. The predicted molar refractivity (Wildman–Crippen MR) is 97.6 cm³/mol. The SMILES string of the molecule is CCC(OC(N)=O)C1CCc2ccc(O)cc2C1Cc1ccccc1. The first kappa shape index (κ1) is 17.3. The van der Waals surface area contributed by atoms with Gasteiger partial charge in [0.05, 0.1) is 0 Å². The zero-order chi connectivity index (χ0) is 17.8. The van der Waals surface area contributed by atoms with Gasteiger partial charge in [-0.1, -0.05) is 43.3 Å². The number of rotatable bonds is 5. The van der Waals surface area contributed by atoms with Crippen LogP contribution >= 0.6 is 0 Å². The van der Waals surface area contributed by atoms with Crippen molar-refractivity contribution >= 4 is 6.09 Å². The standard InChI is InChI=1S/C21H25NO3/c1-2-20(25-21(22)24)17-11-9-15-8-10-16(23)13-18(15)19(17)12-14-6-4-3-5-7-14/h3-8,10,13,17,19-20,23H,2,9,11-12H2,1H3,(H2,22,24). The van der Waals surface area contributed by atoms with Crippen LogP contribution in [-0.4, -0.2) is 17.3 Å². The number of amides is 1. The van der Waals surface area contributed by atoms with Gasteiger partial charge >= 0.3 is 6.09 Å². The summed E-state index contributed by atoms with van der Waals surface area (Å²) >= 11 is 0. The summed E-state index contributed by atoms with van der Waals surface area (Å²) in [6.45, 7) is 2.02. The molecule has 3 unspecified atom stereocenters. The highest BCUT2D eigenvalue weighted by Gasteiger charge is 2.36. The smallest absolute Gasteiger partial charge is 0.404 e. The van der Waals surface area contributed by atoms with Crippen molar-refractivity contribution in [1.82, 2.24) is 0 Å². The first-order valence-electron chi connectivity index (χ1n) is 8.90. The molecule has 0 spiro atoms. The number of carbonyl (C=O) groups excluding carboxylic acids is 1. The van der Waals surface area contributed by atoms with E-state index in [1.807, 2.05) is 37.3 Å². The van der Waals surface area contributed by atoms with E-state index in [9.17, 15) is 9.90 Å². The Morgan fingerprint density at radius 1 is 1.28 bits per heavy atom. The summed E-state index contributed by atoms with van der Waals surface area (Å²) in [7, 11) is 0. The third-order valence-corrected chi connectivity index (χ3v) is 5.24. The van der Waals surface area contributed by atoms with Crippen molar-refractivity contribution in [2.24, 2.45) is 11.7 Å². The van der Waals surface area contributed by atoms with Crippen LogP contribution in [0.1, 0.15) is 42.4 Å². The fourth-order valence-corrected chi connectivity index (χ4v) is 4.11. The second-order valence-electron chi connectivity index (χ2n) is 6.77. The van der Waals surface area contributed by atoms with Crippen LogP contribution in [0.2, 0.25) is 0 Å². The number of aryl methyl sites for hydroxylation is 1. The Hall–Kier alpha value is -2.49. The number of benzene rings is 2. The third-order valence-electron chi connectivity index (χ3n) is 5.24. The van der Waals surface area contributed by atoms with E-state index in [2.05, 4.69) is 12.1 Å². The van der Waals surface area contributed by atoms with Gasteiger partial charge in [-0.25, -0.2) is 4.79 Å². The molecule has 3 N–H and O–H groups in total. The molecule has 3 rings (SSSR count). The molecule has 0 fully saturated rings. The average Bonchev–Trinajstić information content (AvgIpc) is 2.61. The molecular formula is C21H25NO3. The Morgan fingerprint density at radius 3 is 2.72 bits per heavy atom. The highest BCUT2D eigenvalue weighted by atomic mass is 16.6. The molecule has 0 aliphatic heterocycles. The zero-order valence-electron chi connectivity index (χ0n) is 14.5.